The monoisotopic (exact) mass is 334 g/mol. The molecule has 1 amide bonds. The first-order valence-corrected chi connectivity index (χ1v) is 7.85. The molecule has 2 N–H and O–H groups in total. The highest BCUT2D eigenvalue weighted by Crippen LogP contribution is 2.12. The molecule has 0 unspecified atom stereocenters. The predicted octanol–water partition coefficient (Wildman–Crippen LogP) is 1.97. The Bertz CT molecular complexity index is 608. The Morgan fingerprint density at radius 1 is 1.22 bits per heavy atom. The van der Waals surface area contributed by atoms with E-state index in [0.717, 1.165) is 38.0 Å². The van der Waals surface area contributed by atoms with Crippen molar-refractivity contribution in [2.45, 2.75) is 25.9 Å². The molecule has 0 atom stereocenters. The van der Waals surface area contributed by atoms with Crippen LogP contribution in [-0.4, -0.2) is 28.8 Å². The maximum absolute atomic E-state index is 12.1. The second kappa shape index (κ2) is 8.70. The SMILES string of the molecule is Cl.O=C(NCc1cnn(Cc2ccccc2)c1)C1CCNCC1. The van der Waals surface area contributed by atoms with E-state index in [1.807, 2.05) is 35.3 Å². The van der Waals surface area contributed by atoms with Crippen LogP contribution < -0.4 is 10.6 Å². The van der Waals surface area contributed by atoms with Crippen LogP contribution in [0.3, 0.4) is 0 Å². The average Bonchev–Trinajstić information content (AvgIpc) is 3.02. The fourth-order valence-electron chi connectivity index (χ4n) is 2.77. The summed E-state index contributed by atoms with van der Waals surface area (Å²) >= 11 is 0. The van der Waals surface area contributed by atoms with Gasteiger partial charge in [-0.3, -0.25) is 9.48 Å². The molecule has 5 nitrogen and oxygen atoms in total. The van der Waals surface area contributed by atoms with Crippen molar-refractivity contribution >= 4 is 18.3 Å². The fraction of sp³-hybridized carbons (Fsp3) is 0.412. The summed E-state index contributed by atoms with van der Waals surface area (Å²) < 4.78 is 1.90. The van der Waals surface area contributed by atoms with E-state index >= 15 is 0 Å². The first kappa shape index (κ1) is 17.5. The molecule has 1 aromatic carbocycles. The van der Waals surface area contributed by atoms with Crippen molar-refractivity contribution in [3.8, 4) is 0 Å². The minimum atomic E-state index is 0. The number of piperidine rings is 1. The number of amides is 1. The molecule has 1 saturated heterocycles. The number of nitrogens with zero attached hydrogens (tertiary/aromatic N) is 2. The Kier molecular flexibility index (Phi) is 6.62. The second-order valence-electron chi connectivity index (χ2n) is 5.77. The van der Waals surface area contributed by atoms with Crippen molar-refractivity contribution in [2.24, 2.45) is 5.92 Å². The van der Waals surface area contributed by atoms with Gasteiger partial charge in [0.2, 0.25) is 5.91 Å². The Balaban J connectivity index is 0.00000192. The van der Waals surface area contributed by atoms with E-state index in [4.69, 9.17) is 0 Å². The van der Waals surface area contributed by atoms with Gasteiger partial charge in [0.05, 0.1) is 12.7 Å². The van der Waals surface area contributed by atoms with E-state index in [1.165, 1.54) is 5.56 Å². The van der Waals surface area contributed by atoms with Gasteiger partial charge in [-0.05, 0) is 31.5 Å². The first-order chi connectivity index (χ1) is 10.8. The van der Waals surface area contributed by atoms with Crippen LogP contribution in [0.1, 0.15) is 24.0 Å². The predicted molar refractivity (Wildman–Crippen MR) is 92.5 cm³/mol. The summed E-state index contributed by atoms with van der Waals surface area (Å²) in [6.07, 6.45) is 5.68. The Labute approximate surface area is 142 Å². The fourth-order valence-corrected chi connectivity index (χ4v) is 2.77. The van der Waals surface area contributed by atoms with Gasteiger partial charge in [-0.2, -0.15) is 5.10 Å². The Morgan fingerprint density at radius 3 is 2.70 bits per heavy atom. The first-order valence-electron chi connectivity index (χ1n) is 7.85. The van der Waals surface area contributed by atoms with Crippen LogP contribution in [0.15, 0.2) is 42.7 Å². The lowest BCUT2D eigenvalue weighted by molar-refractivity contribution is -0.125. The Hall–Kier alpha value is -1.85. The number of hydrogen-bond donors (Lipinski definition) is 2. The number of carbonyl (C=O) groups excluding carboxylic acids is 1. The van der Waals surface area contributed by atoms with Gasteiger partial charge in [0.15, 0.2) is 0 Å². The van der Waals surface area contributed by atoms with Crippen molar-refractivity contribution in [3.63, 3.8) is 0 Å². The zero-order valence-electron chi connectivity index (χ0n) is 13.1. The third-order valence-corrected chi connectivity index (χ3v) is 4.05. The summed E-state index contributed by atoms with van der Waals surface area (Å²) in [5, 5.41) is 10.7. The summed E-state index contributed by atoms with van der Waals surface area (Å²) in [4.78, 5) is 12.1. The number of halogens is 1. The molecule has 1 aliphatic rings. The highest BCUT2D eigenvalue weighted by atomic mass is 35.5. The van der Waals surface area contributed by atoms with Crippen LogP contribution in [0, 0.1) is 5.92 Å². The van der Waals surface area contributed by atoms with Gasteiger partial charge in [0.1, 0.15) is 0 Å². The van der Waals surface area contributed by atoms with Crippen LogP contribution in [0.4, 0.5) is 0 Å². The lowest BCUT2D eigenvalue weighted by Gasteiger charge is -2.21. The molecule has 0 radical (unpaired) electrons. The van der Waals surface area contributed by atoms with Gasteiger partial charge in [0, 0.05) is 24.2 Å². The van der Waals surface area contributed by atoms with Gasteiger partial charge in [-0.15, -0.1) is 12.4 Å². The van der Waals surface area contributed by atoms with Crippen LogP contribution in [0.25, 0.3) is 0 Å². The third kappa shape index (κ3) is 5.08. The van der Waals surface area contributed by atoms with E-state index < -0.39 is 0 Å². The molecule has 1 aliphatic heterocycles. The lowest BCUT2D eigenvalue weighted by atomic mass is 9.97. The normalized spacial score (nSPS) is 15.0. The zero-order chi connectivity index (χ0) is 15.2. The van der Waals surface area contributed by atoms with Crippen molar-refractivity contribution in [3.05, 3.63) is 53.9 Å². The van der Waals surface area contributed by atoms with Gasteiger partial charge in [-0.1, -0.05) is 30.3 Å². The molecule has 2 aromatic rings. The molecule has 0 saturated carbocycles. The lowest BCUT2D eigenvalue weighted by Crippen LogP contribution is -2.37. The standard InChI is InChI=1S/C17H22N4O.ClH/c22-17(16-6-8-18-9-7-16)19-10-15-11-20-21(13-15)12-14-4-2-1-3-5-14;/h1-5,11,13,16,18H,6-10,12H2,(H,19,22);1H. The van der Waals surface area contributed by atoms with Crippen LogP contribution >= 0.6 is 12.4 Å². The largest absolute Gasteiger partial charge is 0.352 e. The van der Waals surface area contributed by atoms with Crippen molar-refractivity contribution < 1.29 is 4.79 Å². The van der Waals surface area contributed by atoms with E-state index in [9.17, 15) is 4.79 Å². The average molecular weight is 335 g/mol. The zero-order valence-corrected chi connectivity index (χ0v) is 13.9. The molecule has 0 bridgehead atoms. The summed E-state index contributed by atoms with van der Waals surface area (Å²) in [5.74, 6) is 0.318. The minimum absolute atomic E-state index is 0. The molecule has 3 rings (SSSR count). The number of nitrogens with one attached hydrogen (secondary N) is 2. The van der Waals surface area contributed by atoms with Gasteiger partial charge >= 0.3 is 0 Å². The van der Waals surface area contributed by atoms with Gasteiger partial charge in [0.25, 0.3) is 0 Å². The number of carbonyl (C=O) groups is 1. The molecule has 0 aliphatic carbocycles. The number of benzene rings is 1. The highest BCUT2D eigenvalue weighted by molar-refractivity contribution is 5.85. The maximum atomic E-state index is 12.1. The van der Waals surface area contributed by atoms with E-state index in [2.05, 4.69) is 27.9 Å². The van der Waals surface area contributed by atoms with Crippen LogP contribution in [0.2, 0.25) is 0 Å². The second-order valence-corrected chi connectivity index (χ2v) is 5.77. The van der Waals surface area contributed by atoms with E-state index in [1.54, 1.807) is 0 Å². The number of rotatable bonds is 5. The number of aromatic nitrogens is 2. The molecule has 2 heterocycles. The molecule has 0 spiro atoms. The van der Waals surface area contributed by atoms with Crippen molar-refractivity contribution in [1.82, 2.24) is 20.4 Å². The van der Waals surface area contributed by atoms with Crippen LogP contribution in [0.5, 0.6) is 0 Å². The van der Waals surface area contributed by atoms with E-state index in [0.29, 0.717) is 6.54 Å². The summed E-state index contributed by atoms with van der Waals surface area (Å²) in [6, 6.07) is 10.2. The smallest absolute Gasteiger partial charge is 0.223 e. The summed E-state index contributed by atoms with van der Waals surface area (Å²) in [7, 11) is 0. The van der Waals surface area contributed by atoms with Gasteiger partial charge < -0.3 is 10.6 Å². The summed E-state index contributed by atoms with van der Waals surface area (Å²) in [6.45, 7) is 3.18. The minimum Gasteiger partial charge on any atom is -0.352 e. The Morgan fingerprint density at radius 2 is 1.96 bits per heavy atom. The molecular formula is C17H23ClN4O. The highest BCUT2D eigenvalue weighted by Gasteiger charge is 2.20. The third-order valence-electron chi connectivity index (χ3n) is 4.05. The maximum Gasteiger partial charge on any atom is 0.223 e. The molecular weight excluding hydrogens is 312 g/mol. The van der Waals surface area contributed by atoms with Crippen molar-refractivity contribution in [2.75, 3.05) is 13.1 Å². The number of hydrogen-bond acceptors (Lipinski definition) is 3. The van der Waals surface area contributed by atoms with Crippen molar-refractivity contribution in [1.29, 1.82) is 0 Å². The topological polar surface area (TPSA) is 59.0 Å². The molecule has 1 fully saturated rings. The molecule has 6 heteroatoms. The molecule has 23 heavy (non-hydrogen) atoms. The molecule has 1 aromatic heterocycles. The van der Waals surface area contributed by atoms with Gasteiger partial charge in [-0.25, -0.2) is 0 Å². The van der Waals surface area contributed by atoms with E-state index in [-0.39, 0.29) is 24.2 Å². The summed E-state index contributed by atoms with van der Waals surface area (Å²) in [5.41, 5.74) is 2.26. The van der Waals surface area contributed by atoms with Crippen LogP contribution in [-0.2, 0) is 17.9 Å². The molecule has 124 valence electrons. The quantitative estimate of drug-likeness (QED) is 0.879.